The van der Waals surface area contributed by atoms with Gasteiger partial charge in [0.15, 0.2) is 0 Å². The molecular formula is C14H16N2O4. The second-order valence-corrected chi connectivity index (χ2v) is 5.34. The summed E-state index contributed by atoms with van der Waals surface area (Å²) in [5, 5.41) is 9.92. The highest BCUT2D eigenvalue weighted by molar-refractivity contribution is 5.96. The molecule has 0 saturated heterocycles. The Morgan fingerprint density at radius 2 is 1.90 bits per heavy atom. The first kappa shape index (κ1) is 13.9. The number of carbonyl (C=O) groups is 2. The second-order valence-electron chi connectivity index (χ2n) is 5.34. The van der Waals surface area contributed by atoms with Crippen LogP contribution in [0.15, 0.2) is 30.3 Å². The summed E-state index contributed by atoms with van der Waals surface area (Å²) in [6.07, 6.45) is -0.707. The summed E-state index contributed by atoms with van der Waals surface area (Å²) in [4.78, 5) is 23.0. The lowest BCUT2D eigenvalue weighted by Crippen LogP contribution is -2.32. The van der Waals surface area contributed by atoms with E-state index in [-0.39, 0.29) is 5.69 Å². The molecule has 2 aromatic rings. The van der Waals surface area contributed by atoms with Gasteiger partial charge < -0.3 is 9.84 Å². The molecule has 0 aliphatic rings. The zero-order chi connectivity index (χ0) is 14.9. The van der Waals surface area contributed by atoms with Crippen LogP contribution in [0.5, 0.6) is 0 Å². The fourth-order valence-electron chi connectivity index (χ4n) is 1.82. The first-order valence-corrected chi connectivity index (χ1v) is 6.12. The number of ether oxygens (including phenoxy) is 1. The number of nitrogens with zero attached hydrogens (tertiary/aromatic N) is 1. The zero-order valence-electron chi connectivity index (χ0n) is 11.5. The second kappa shape index (κ2) is 4.88. The number of benzene rings is 1. The number of para-hydroxylation sites is 1. The third kappa shape index (κ3) is 2.90. The molecule has 6 nitrogen and oxygen atoms in total. The maximum absolute atomic E-state index is 11.8. The summed E-state index contributed by atoms with van der Waals surface area (Å²) >= 11 is 0. The van der Waals surface area contributed by atoms with E-state index in [4.69, 9.17) is 4.74 Å². The molecule has 20 heavy (non-hydrogen) atoms. The highest BCUT2D eigenvalue weighted by Gasteiger charge is 2.20. The van der Waals surface area contributed by atoms with Crippen LogP contribution in [-0.4, -0.2) is 27.4 Å². The van der Waals surface area contributed by atoms with Crippen molar-refractivity contribution in [3.05, 3.63) is 36.0 Å². The van der Waals surface area contributed by atoms with E-state index in [1.54, 1.807) is 45.0 Å². The number of hydrogen-bond acceptors (Lipinski definition) is 3. The number of aromatic carboxylic acids is 1. The maximum Gasteiger partial charge on any atom is 0.426 e. The Labute approximate surface area is 115 Å². The largest absolute Gasteiger partial charge is 0.477 e. The molecule has 1 heterocycles. The normalized spacial score (nSPS) is 11.3. The third-order valence-corrected chi connectivity index (χ3v) is 2.53. The number of fused-ring (bicyclic) bond motifs is 1. The van der Waals surface area contributed by atoms with E-state index < -0.39 is 17.7 Å². The number of rotatable bonds is 2. The molecule has 0 unspecified atom stereocenters. The lowest BCUT2D eigenvalue weighted by molar-refractivity contribution is 0.0611. The average Bonchev–Trinajstić information content (AvgIpc) is 2.66. The standard InChI is InChI=1S/C14H16N2O4/c1-14(2,3)20-13(19)15-16-10-7-5-4-6-9(10)8-11(16)12(17)18/h4-8H,1-3H3,(H,15,19)(H,17,18). The highest BCUT2D eigenvalue weighted by atomic mass is 16.6. The predicted octanol–water partition coefficient (Wildman–Crippen LogP) is 2.82. The number of nitrogens with one attached hydrogen (secondary N) is 1. The van der Waals surface area contributed by atoms with Crippen LogP contribution in [0.1, 0.15) is 31.3 Å². The van der Waals surface area contributed by atoms with E-state index in [0.717, 1.165) is 5.39 Å². The van der Waals surface area contributed by atoms with Crippen molar-refractivity contribution >= 4 is 23.0 Å². The minimum atomic E-state index is -1.13. The van der Waals surface area contributed by atoms with Gasteiger partial charge in [-0.1, -0.05) is 18.2 Å². The molecule has 0 fully saturated rings. The van der Waals surface area contributed by atoms with E-state index in [9.17, 15) is 14.7 Å². The Morgan fingerprint density at radius 3 is 2.50 bits per heavy atom. The van der Waals surface area contributed by atoms with Crippen LogP contribution < -0.4 is 5.43 Å². The van der Waals surface area contributed by atoms with Crippen molar-refractivity contribution < 1.29 is 19.4 Å². The number of carboxylic acid groups (broad SMARTS) is 1. The van der Waals surface area contributed by atoms with Gasteiger partial charge in [-0.25, -0.2) is 19.7 Å². The SMILES string of the molecule is CC(C)(C)OC(=O)Nn1c(C(=O)O)cc2ccccc21. The molecule has 0 spiro atoms. The number of carbonyl (C=O) groups excluding carboxylic acids is 1. The monoisotopic (exact) mass is 276 g/mol. The van der Waals surface area contributed by atoms with E-state index in [1.165, 1.54) is 10.7 Å². The molecule has 2 rings (SSSR count). The molecular weight excluding hydrogens is 260 g/mol. The van der Waals surface area contributed by atoms with Crippen molar-refractivity contribution in [2.45, 2.75) is 26.4 Å². The van der Waals surface area contributed by atoms with Crippen LogP contribution in [0.3, 0.4) is 0 Å². The predicted molar refractivity (Wildman–Crippen MR) is 74.5 cm³/mol. The highest BCUT2D eigenvalue weighted by Crippen LogP contribution is 2.19. The fraction of sp³-hybridized carbons (Fsp3) is 0.286. The molecule has 1 aromatic carbocycles. The van der Waals surface area contributed by atoms with Crippen LogP contribution in [0.2, 0.25) is 0 Å². The minimum absolute atomic E-state index is 0.0305. The van der Waals surface area contributed by atoms with Crippen molar-refractivity contribution in [3.8, 4) is 0 Å². The molecule has 6 heteroatoms. The molecule has 0 aliphatic heterocycles. The third-order valence-electron chi connectivity index (χ3n) is 2.53. The van der Waals surface area contributed by atoms with Crippen LogP contribution in [-0.2, 0) is 4.74 Å². The van der Waals surface area contributed by atoms with Gasteiger partial charge in [-0.05, 0) is 32.9 Å². The van der Waals surface area contributed by atoms with Gasteiger partial charge in [0.1, 0.15) is 11.3 Å². The molecule has 0 aliphatic carbocycles. The summed E-state index contributed by atoms with van der Waals surface area (Å²) < 4.78 is 6.34. The Balaban J connectivity index is 2.39. The van der Waals surface area contributed by atoms with Gasteiger partial charge in [-0.3, -0.25) is 0 Å². The van der Waals surface area contributed by atoms with Gasteiger partial charge >= 0.3 is 12.1 Å². The van der Waals surface area contributed by atoms with E-state index in [1.807, 2.05) is 0 Å². The summed E-state index contributed by atoms with van der Waals surface area (Å²) in [7, 11) is 0. The maximum atomic E-state index is 11.8. The van der Waals surface area contributed by atoms with Crippen LogP contribution in [0.4, 0.5) is 4.79 Å². The van der Waals surface area contributed by atoms with Gasteiger partial charge in [0.2, 0.25) is 0 Å². The van der Waals surface area contributed by atoms with Gasteiger partial charge in [-0.15, -0.1) is 0 Å². The number of carboxylic acids is 1. The van der Waals surface area contributed by atoms with Crippen molar-refractivity contribution in [2.75, 3.05) is 5.43 Å². The Kier molecular flexibility index (Phi) is 3.40. The van der Waals surface area contributed by atoms with Gasteiger partial charge in [0, 0.05) is 5.39 Å². The summed E-state index contributed by atoms with van der Waals surface area (Å²) in [6, 6.07) is 8.55. The number of amides is 1. The quantitative estimate of drug-likeness (QED) is 0.883. The molecule has 0 radical (unpaired) electrons. The first-order chi connectivity index (χ1) is 9.28. The van der Waals surface area contributed by atoms with Gasteiger partial charge in [0.25, 0.3) is 0 Å². The lowest BCUT2D eigenvalue weighted by Gasteiger charge is -2.20. The molecule has 0 atom stereocenters. The van der Waals surface area contributed by atoms with Crippen LogP contribution in [0, 0.1) is 0 Å². The fourth-order valence-corrected chi connectivity index (χ4v) is 1.82. The molecule has 2 N–H and O–H groups in total. The smallest absolute Gasteiger partial charge is 0.426 e. The van der Waals surface area contributed by atoms with E-state index in [0.29, 0.717) is 5.52 Å². The van der Waals surface area contributed by atoms with Crippen molar-refractivity contribution in [2.24, 2.45) is 0 Å². The van der Waals surface area contributed by atoms with E-state index in [2.05, 4.69) is 5.43 Å². The number of aromatic nitrogens is 1. The molecule has 1 aromatic heterocycles. The van der Waals surface area contributed by atoms with Crippen LogP contribution in [0.25, 0.3) is 10.9 Å². The molecule has 0 bridgehead atoms. The summed E-state index contributed by atoms with van der Waals surface area (Å²) in [5.41, 5.74) is 2.35. The molecule has 1 amide bonds. The van der Waals surface area contributed by atoms with Crippen LogP contribution >= 0.6 is 0 Å². The zero-order valence-corrected chi connectivity index (χ0v) is 11.5. The Hall–Kier alpha value is -2.50. The van der Waals surface area contributed by atoms with Gasteiger partial charge in [-0.2, -0.15) is 0 Å². The first-order valence-electron chi connectivity index (χ1n) is 6.12. The van der Waals surface area contributed by atoms with Crippen molar-refractivity contribution in [1.29, 1.82) is 0 Å². The van der Waals surface area contributed by atoms with Crippen molar-refractivity contribution in [1.82, 2.24) is 4.68 Å². The summed E-state index contributed by atoms with van der Waals surface area (Å²) in [6.45, 7) is 5.20. The van der Waals surface area contributed by atoms with E-state index >= 15 is 0 Å². The number of hydrogen-bond donors (Lipinski definition) is 2. The lowest BCUT2D eigenvalue weighted by atomic mass is 10.2. The molecule has 106 valence electrons. The molecule has 0 saturated carbocycles. The average molecular weight is 276 g/mol. The van der Waals surface area contributed by atoms with Gasteiger partial charge in [0.05, 0.1) is 5.52 Å². The topological polar surface area (TPSA) is 80.6 Å². The van der Waals surface area contributed by atoms with Crippen molar-refractivity contribution in [3.63, 3.8) is 0 Å². The Morgan fingerprint density at radius 1 is 1.25 bits per heavy atom. The minimum Gasteiger partial charge on any atom is -0.477 e. The Bertz CT molecular complexity index is 667. The summed E-state index contributed by atoms with van der Waals surface area (Å²) in [5.74, 6) is -1.13.